The molecule has 1 N–H and O–H groups in total. The number of hydrogen-bond donors (Lipinski definition) is 1. The summed E-state index contributed by atoms with van der Waals surface area (Å²) in [6.45, 7) is 6.07. The molecule has 8 heteroatoms. The number of benzene rings is 1. The minimum atomic E-state index is 0.179. The summed E-state index contributed by atoms with van der Waals surface area (Å²) < 4.78 is 5.28. The van der Waals surface area contributed by atoms with Crippen molar-refractivity contribution in [3.63, 3.8) is 0 Å². The highest BCUT2D eigenvalue weighted by Crippen LogP contribution is 2.22. The van der Waals surface area contributed by atoms with Gasteiger partial charge in [-0.1, -0.05) is 0 Å². The molecule has 2 fully saturated rings. The van der Waals surface area contributed by atoms with Gasteiger partial charge in [-0.3, -0.25) is 4.90 Å². The van der Waals surface area contributed by atoms with E-state index in [0.29, 0.717) is 12.0 Å². The molecule has 1 aromatic carbocycles. The molecular weight excluding hydrogens is 328 g/mol. The highest BCUT2D eigenvalue weighted by Gasteiger charge is 2.28. The van der Waals surface area contributed by atoms with Crippen molar-refractivity contribution in [3.8, 4) is 0 Å². The largest absolute Gasteiger partial charge is 0.378 e. The molecule has 0 atom stereocenters. The minimum absolute atomic E-state index is 0.179. The van der Waals surface area contributed by atoms with E-state index in [-0.39, 0.29) is 5.28 Å². The van der Waals surface area contributed by atoms with E-state index in [2.05, 4.69) is 42.2 Å². The molecule has 2 aliphatic heterocycles. The number of ether oxygens (including phenoxy) is 1. The Morgan fingerprint density at radius 3 is 2.42 bits per heavy atom. The SMILES string of the molecule is Clc1ncnc(Nc2ccc(N3CCN(C4COC4)CC3)cc2)n1. The van der Waals surface area contributed by atoms with Gasteiger partial charge in [-0.15, -0.1) is 0 Å². The summed E-state index contributed by atoms with van der Waals surface area (Å²) in [5, 5.41) is 3.30. The molecule has 0 saturated carbocycles. The van der Waals surface area contributed by atoms with Gasteiger partial charge in [-0.25, -0.2) is 9.97 Å². The fourth-order valence-electron chi connectivity index (χ4n) is 3.00. The third-order valence-electron chi connectivity index (χ3n) is 4.48. The van der Waals surface area contributed by atoms with Crippen LogP contribution >= 0.6 is 11.6 Å². The lowest BCUT2D eigenvalue weighted by atomic mass is 10.1. The summed E-state index contributed by atoms with van der Waals surface area (Å²) >= 11 is 5.77. The van der Waals surface area contributed by atoms with Crippen molar-refractivity contribution < 1.29 is 4.74 Å². The second-order valence-electron chi connectivity index (χ2n) is 5.96. The molecule has 0 bridgehead atoms. The minimum Gasteiger partial charge on any atom is -0.378 e. The molecular formula is C16H19ClN6O. The van der Waals surface area contributed by atoms with Crippen LogP contribution in [0, 0.1) is 0 Å². The highest BCUT2D eigenvalue weighted by atomic mass is 35.5. The monoisotopic (exact) mass is 346 g/mol. The summed E-state index contributed by atoms with van der Waals surface area (Å²) in [6.07, 6.45) is 1.39. The normalized spacial score (nSPS) is 19.1. The van der Waals surface area contributed by atoms with Crippen LogP contribution in [0.15, 0.2) is 30.6 Å². The molecule has 2 aliphatic rings. The smallest absolute Gasteiger partial charge is 0.231 e. The van der Waals surface area contributed by atoms with Crippen LogP contribution in [-0.2, 0) is 4.74 Å². The van der Waals surface area contributed by atoms with Crippen molar-refractivity contribution in [2.24, 2.45) is 0 Å². The van der Waals surface area contributed by atoms with Crippen LogP contribution in [0.25, 0.3) is 0 Å². The first-order chi connectivity index (χ1) is 11.8. The van der Waals surface area contributed by atoms with Gasteiger partial charge < -0.3 is 15.0 Å². The zero-order chi connectivity index (χ0) is 16.4. The second kappa shape index (κ2) is 6.88. The molecule has 3 heterocycles. The van der Waals surface area contributed by atoms with Gasteiger partial charge >= 0.3 is 0 Å². The Morgan fingerprint density at radius 2 is 1.79 bits per heavy atom. The molecule has 0 spiro atoms. The molecule has 4 rings (SSSR count). The van der Waals surface area contributed by atoms with Gasteiger partial charge in [-0.2, -0.15) is 4.98 Å². The van der Waals surface area contributed by atoms with Crippen LogP contribution in [0.3, 0.4) is 0 Å². The third-order valence-corrected chi connectivity index (χ3v) is 4.66. The van der Waals surface area contributed by atoms with E-state index in [1.807, 2.05) is 12.1 Å². The van der Waals surface area contributed by atoms with Gasteiger partial charge in [0.2, 0.25) is 11.2 Å². The number of rotatable bonds is 4. The van der Waals surface area contributed by atoms with Gasteiger partial charge in [0, 0.05) is 37.6 Å². The molecule has 0 amide bonds. The molecule has 126 valence electrons. The fraction of sp³-hybridized carbons (Fsp3) is 0.438. The summed E-state index contributed by atoms with van der Waals surface area (Å²) in [6, 6.07) is 8.92. The number of halogens is 1. The maximum Gasteiger partial charge on any atom is 0.231 e. The zero-order valence-corrected chi connectivity index (χ0v) is 14.0. The predicted molar refractivity (Wildman–Crippen MR) is 93.0 cm³/mol. The van der Waals surface area contributed by atoms with Crippen LogP contribution in [0.4, 0.5) is 17.3 Å². The standard InChI is InChI=1S/C16H19ClN6O/c17-15-18-11-19-16(21-15)20-12-1-3-13(4-2-12)22-5-7-23(8-6-22)14-9-24-10-14/h1-4,11,14H,5-10H2,(H,18,19,20,21). The number of aromatic nitrogens is 3. The summed E-state index contributed by atoms with van der Waals surface area (Å²) in [4.78, 5) is 16.8. The van der Waals surface area contributed by atoms with Gasteiger partial charge in [0.1, 0.15) is 6.33 Å². The number of nitrogens with one attached hydrogen (secondary N) is 1. The van der Waals surface area contributed by atoms with E-state index < -0.39 is 0 Å². The Kier molecular flexibility index (Phi) is 4.46. The van der Waals surface area contributed by atoms with E-state index in [0.717, 1.165) is 45.1 Å². The van der Waals surface area contributed by atoms with Gasteiger partial charge in [0.25, 0.3) is 0 Å². The van der Waals surface area contributed by atoms with Crippen LogP contribution in [0.1, 0.15) is 0 Å². The third kappa shape index (κ3) is 3.43. The lowest BCUT2D eigenvalue weighted by molar-refractivity contribution is -0.0660. The average molecular weight is 347 g/mol. The van der Waals surface area contributed by atoms with Gasteiger partial charge in [0.15, 0.2) is 0 Å². The Bertz CT molecular complexity index is 685. The van der Waals surface area contributed by atoms with Crippen LogP contribution in [-0.4, -0.2) is 65.3 Å². The number of nitrogens with zero attached hydrogens (tertiary/aromatic N) is 5. The molecule has 7 nitrogen and oxygen atoms in total. The van der Waals surface area contributed by atoms with Crippen LogP contribution in [0.2, 0.25) is 5.28 Å². The molecule has 2 aromatic rings. The lowest BCUT2D eigenvalue weighted by Crippen LogP contribution is -2.56. The highest BCUT2D eigenvalue weighted by molar-refractivity contribution is 6.28. The van der Waals surface area contributed by atoms with E-state index >= 15 is 0 Å². The Hall–Kier alpha value is -1.96. The molecule has 0 unspecified atom stereocenters. The van der Waals surface area contributed by atoms with Crippen molar-refractivity contribution in [2.75, 3.05) is 49.6 Å². The van der Waals surface area contributed by atoms with Crippen molar-refractivity contribution >= 4 is 28.9 Å². The summed E-state index contributed by atoms with van der Waals surface area (Å²) in [5.41, 5.74) is 2.16. The quantitative estimate of drug-likeness (QED) is 0.905. The van der Waals surface area contributed by atoms with E-state index in [9.17, 15) is 0 Å². The summed E-state index contributed by atoms with van der Waals surface area (Å²) in [5.74, 6) is 0.444. The molecule has 0 aliphatic carbocycles. The number of piperazine rings is 1. The van der Waals surface area contributed by atoms with Crippen LogP contribution in [0.5, 0.6) is 0 Å². The number of hydrogen-bond acceptors (Lipinski definition) is 7. The van der Waals surface area contributed by atoms with Crippen molar-refractivity contribution in [3.05, 3.63) is 35.9 Å². The molecule has 2 saturated heterocycles. The van der Waals surface area contributed by atoms with Crippen LogP contribution < -0.4 is 10.2 Å². The molecule has 24 heavy (non-hydrogen) atoms. The van der Waals surface area contributed by atoms with Crippen molar-refractivity contribution in [1.82, 2.24) is 19.9 Å². The second-order valence-corrected chi connectivity index (χ2v) is 6.30. The number of anilines is 3. The first-order valence-electron chi connectivity index (χ1n) is 8.06. The Morgan fingerprint density at radius 1 is 1.04 bits per heavy atom. The Balaban J connectivity index is 1.35. The first kappa shape index (κ1) is 15.6. The maximum atomic E-state index is 5.77. The maximum absolute atomic E-state index is 5.77. The zero-order valence-electron chi connectivity index (χ0n) is 13.2. The predicted octanol–water partition coefficient (Wildman–Crippen LogP) is 1.79. The van der Waals surface area contributed by atoms with Gasteiger partial charge in [-0.05, 0) is 35.9 Å². The lowest BCUT2D eigenvalue weighted by Gasteiger charge is -2.43. The fourth-order valence-corrected chi connectivity index (χ4v) is 3.12. The Labute approximate surface area is 145 Å². The average Bonchev–Trinajstić information content (AvgIpc) is 2.55. The van der Waals surface area contributed by atoms with E-state index in [1.165, 1.54) is 12.0 Å². The van der Waals surface area contributed by atoms with E-state index in [4.69, 9.17) is 16.3 Å². The summed E-state index contributed by atoms with van der Waals surface area (Å²) in [7, 11) is 0. The van der Waals surface area contributed by atoms with Crippen molar-refractivity contribution in [2.45, 2.75) is 6.04 Å². The molecule has 1 aromatic heterocycles. The van der Waals surface area contributed by atoms with Gasteiger partial charge in [0.05, 0.1) is 19.3 Å². The first-order valence-corrected chi connectivity index (χ1v) is 8.44. The van der Waals surface area contributed by atoms with Crippen molar-refractivity contribution in [1.29, 1.82) is 0 Å². The van der Waals surface area contributed by atoms with E-state index in [1.54, 1.807) is 0 Å². The molecule has 0 radical (unpaired) electrons. The topological polar surface area (TPSA) is 66.4 Å².